The molecule has 0 aliphatic rings. The van der Waals surface area contributed by atoms with Gasteiger partial charge < -0.3 is 10.2 Å². The minimum Gasteiger partial charge on any atom is -0.508 e. The number of halogens is 1. The Morgan fingerprint density at radius 3 is 2.78 bits per heavy atom. The standard InChI is InChI=1S/C20H18BrN3O2S/c1-13(2)10-22-20-24(23-11-15-6-7-17(25)9-19(15)26)18(12-27-20)14-4-3-5-16(21)8-14/h3-9,11-12,25-26H,1,10H2,2H3. The van der Waals surface area contributed by atoms with Crippen molar-refractivity contribution in [1.82, 2.24) is 4.68 Å². The Hall–Kier alpha value is -2.64. The van der Waals surface area contributed by atoms with Gasteiger partial charge in [-0.05, 0) is 31.2 Å². The third kappa shape index (κ3) is 4.75. The predicted octanol–water partition coefficient (Wildman–Crippen LogP) is 4.75. The number of rotatable bonds is 5. The zero-order chi connectivity index (χ0) is 19.4. The molecule has 0 aliphatic carbocycles. The highest BCUT2D eigenvalue weighted by molar-refractivity contribution is 9.10. The van der Waals surface area contributed by atoms with E-state index in [0.29, 0.717) is 12.1 Å². The van der Waals surface area contributed by atoms with Crippen LogP contribution < -0.4 is 4.80 Å². The van der Waals surface area contributed by atoms with Crippen molar-refractivity contribution in [2.75, 3.05) is 6.54 Å². The van der Waals surface area contributed by atoms with Crippen LogP contribution in [-0.4, -0.2) is 27.6 Å². The first-order valence-electron chi connectivity index (χ1n) is 8.12. The third-order valence-electron chi connectivity index (χ3n) is 3.62. The fourth-order valence-electron chi connectivity index (χ4n) is 2.33. The van der Waals surface area contributed by atoms with Crippen molar-refractivity contribution in [1.29, 1.82) is 0 Å². The van der Waals surface area contributed by atoms with E-state index in [-0.39, 0.29) is 11.5 Å². The second-order valence-corrected chi connectivity index (χ2v) is 7.74. The first-order chi connectivity index (χ1) is 12.9. The van der Waals surface area contributed by atoms with Crippen LogP contribution in [0.5, 0.6) is 11.5 Å². The monoisotopic (exact) mass is 443 g/mol. The van der Waals surface area contributed by atoms with E-state index in [0.717, 1.165) is 26.1 Å². The molecule has 0 saturated carbocycles. The lowest BCUT2D eigenvalue weighted by Crippen LogP contribution is -2.13. The molecule has 0 radical (unpaired) electrons. The zero-order valence-corrected chi connectivity index (χ0v) is 17.0. The Morgan fingerprint density at radius 1 is 1.26 bits per heavy atom. The molecule has 3 rings (SSSR count). The van der Waals surface area contributed by atoms with E-state index in [1.54, 1.807) is 17.0 Å². The average molecular weight is 444 g/mol. The molecule has 5 nitrogen and oxygen atoms in total. The van der Waals surface area contributed by atoms with E-state index in [4.69, 9.17) is 0 Å². The first kappa shape index (κ1) is 19.1. The summed E-state index contributed by atoms with van der Waals surface area (Å²) in [6.45, 7) is 6.33. The number of aromatic nitrogens is 1. The van der Waals surface area contributed by atoms with Crippen molar-refractivity contribution >= 4 is 33.5 Å². The Kier molecular flexibility index (Phi) is 5.93. The van der Waals surface area contributed by atoms with Gasteiger partial charge >= 0.3 is 0 Å². The van der Waals surface area contributed by atoms with E-state index in [1.165, 1.54) is 23.5 Å². The van der Waals surface area contributed by atoms with Crippen LogP contribution in [0.2, 0.25) is 0 Å². The van der Waals surface area contributed by atoms with Crippen LogP contribution in [0.25, 0.3) is 11.3 Å². The fraction of sp³-hybridized carbons (Fsp3) is 0.100. The molecule has 27 heavy (non-hydrogen) atoms. The number of phenols is 2. The minimum absolute atomic E-state index is 0.000177. The lowest BCUT2D eigenvalue weighted by atomic mass is 10.2. The Balaban J connectivity index is 2.10. The summed E-state index contributed by atoms with van der Waals surface area (Å²) >= 11 is 4.98. The zero-order valence-electron chi connectivity index (χ0n) is 14.6. The van der Waals surface area contributed by atoms with E-state index in [2.05, 4.69) is 32.6 Å². The molecular formula is C20H18BrN3O2S. The quantitative estimate of drug-likeness (QED) is 0.441. The van der Waals surface area contributed by atoms with Gasteiger partial charge in [-0.3, -0.25) is 4.99 Å². The molecule has 2 N–H and O–H groups in total. The largest absolute Gasteiger partial charge is 0.508 e. The maximum absolute atomic E-state index is 9.99. The average Bonchev–Trinajstić information content (AvgIpc) is 3.02. The Morgan fingerprint density at radius 2 is 2.07 bits per heavy atom. The van der Waals surface area contributed by atoms with Crippen molar-refractivity contribution < 1.29 is 10.2 Å². The van der Waals surface area contributed by atoms with Gasteiger partial charge in [0.05, 0.1) is 18.5 Å². The van der Waals surface area contributed by atoms with Gasteiger partial charge in [0.1, 0.15) is 11.5 Å². The number of hydrogen-bond acceptors (Lipinski definition) is 5. The van der Waals surface area contributed by atoms with Gasteiger partial charge in [0.25, 0.3) is 0 Å². The van der Waals surface area contributed by atoms with Gasteiger partial charge in [-0.15, -0.1) is 11.3 Å². The summed E-state index contributed by atoms with van der Waals surface area (Å²) in [5.41, 5.74) is 3.33. The first-order valence-corrected chi connectivity index (χ1v) is 9.79. The van der Waals surface area contributed by atoms with Crippen molar-refractivity contribution in [3.8, 4) is 22.8 Å². The molecule has 0 unspecified atom stereocenters. The summed E-state index contributed by atoms with van der Waals surface area (Å²) < 4.78 is 2.71. The van der Waals surface area contributed by atoms with Crippen molar-refractivity contribution in [2.24, 2.45) is 10.1 Å². The Labute approximate surface area is 169 Å². The topological polar surface area (TPSA) is 70.1 Å². The van der Waals surface area contributed by atoms with E-state index < -0.39 is 0 Å². The molecule has 0 saturated heterocycles. The summed E-state index contributed by atoms with van der Waals surface area (Å²) in [5.74, 6) is -0.0428. The van der Waals surface area contributed by atoms with Crippen LogP contribution in [0, 0.1) is 0 Å². The lowest BCUT2D eigenvalue weighted by molar-refractivity contribution is 0.450. The van der Waals surface area contributed by atoms with Gasteiger partial charge in [-0.25, -0.2) is 4.68 Å². The maximum atomic E-state index is 9.99. The van der Waals surface area contributed by atoms with Gasteiger partial charge in [0, 0.05) is 27.0 Å². The molecule has 0 bridgehead atoms. The summed E-state index contributed by atoms with van der Waals surface area (Å²) in [7, 11) is 0. The van der Waals surface area contributed by atoms with Crippen LogP contribution in [0.4, 0.5) is 0 Å². The summed E-state index contributed by atoms with van der Waals surface area (Å²) in [4.78, 5) is 5.30. The number of aromatic hydroxyl groups is 2. The molecule has 3 aromatic rings. The van der Waals surface area contributed by atoms with Crippen molar-refractivity contribution in [3.05, 3.63) is 74.8 Å². The third-order valence-corrected chi connectivity index (χ3v) is 4.96. The molecule has 0 fully saturated rings. The Bertz CT molecular complexity index is 1080. The molecule has 1 heterocycles. The highest BCUT2D eigenvalue weighted by atomic mass is 79.9. The normalized spacial score (nSPS) is 12.0. The van der Waals surface area contributed by atoms with E-state index >= 15 is 0 Å². The molecule has 7 heteroatoms. The molecule has 1 aromatic heterocycles. The number of nitrogens with zero attached hydrogens (tertiary/aromatic N) is 3. The highest BCUT2D eigenvalue weighted by Gasteiger charge is 2.08. The van der Waals surface area contributed by atoms with E-state index in [1.807, 2.05) is 36.6 Å². The second-order valence-electron chi connectivity index (χ2n) is 5.99. The van der Waals surface area contributed by atoms with Crippen molar-refractivity contribution in [3.63, 3.8) is 0 Å². The second kappa shape index (κ2) is 8.37. The predicted molar refractivity (Wildman–Crippen MR) is 113 cm³/mol. The van der Waals surface area contributed by atoms with Gasteiger partial charge in [0.2, 0.25) is 4.80 Å². The van der Waals surface area contributed by atoms with Gasteiger partial charge in [0.15, 0.2) is 0 Å². The molecule has 0 amide bonds. The van der Waals surface area contributed by atoms with Gasteiger partial charge in [-0.1, -0.05) is 40.2 Å². The molecule has 0 atom stereocenters. The van der Waals surface area contributed by atoms with Crippen LogP contribution in [-0.2, 0) is 0 Å². The molecule has 138 valence electrons. The van der Waals surface area contributed by atoms with Crippen LogP contribution in [0.1, 0.15) is 12.5 Å². The van der Waals surface area contributed by atoms with Crippen LogP contribution >= 0.6 is 27.3 Å². The molecule has 2 aromatic carbocycles. The molecular weight excluding hydrogens is 426 g/mol. The number of hydrogen-bond donors (Lipinski definition) is 2. The smallest absolute Gasteiger partial charge is 0.206 e. The number of thiazole rings is 1. The number of phenolic OH excluding ortho intramolecular Hbond substituents is 2. The van der Waals surface area contributed by atoms with E-state index in [9.17, 15) is 10.2 Å². The van der Waals surface area contributed by atoms with Crippen LogP contribution in [0.15, 0.2) is 74.6 Å². The molecule has 0 aliphatic heterocycles. The lowest BCUT2D eigenvalue weighted by Gasteiger charge is -2.05. The summed E-state index contributed by atoms with van der Waals surface area (Å²) in [6, 6.07) is 12.3. The highest BCUT2D eigenvalue weighted by Crippen LogP contribution is 2.24. The maximum Gasteiger partial charge on any atom is 0.206 e. The number of benzene rings is 2. The van der Waals surface area contributed by atoms with Gasteiger partial charge in [-0.2, -0.15) is 5.10 Å². The van der Waals surface area contributed by atoms with Crippen molar-refractivity contribution in [2.45, 2.75) is 6.92 Å². The molecule has 0 spiro atoms. The minimum atomic E-state index is -0.0426. The summed E-state index contributed by atoms with van der Waals surface area (Å²) in [5, 5.41) is 26.0. The van der Waals surface area contributed by atoms with Crippen LogP contribution in [0.3, 0.4) is 0 Å². The fourth-order valence-corrected chi connectivity index (χ4v) is 3.57. The SMILES string of the molecule is C=C(C)CN=c1scc(-c2cccc(Br)c2)n1N=Cc1ccc(O)cc1O. The summed E-state index contributed by atoms with van der Waals surface area (Å²) in [6.07, 6.45) is 1.54.